The van der Waals surface area contributed by atoms with E-state index in [4.69, 9.17) is 16.1 Å². The molecule has 1 fully saturated rings. The number of aromatic nitrogens is 2. The number of hydrogen-bond donors (Lipinski definition) is 1. The van der Waals surface area contributed by atoms with Gasteiger partial charge in [0.05, 0.1) is 12.5 Å². The van der Waals surface area contributed by atoms with Gasteiger partial charge in [-0.05, 0) is 56.5 Å². The molecular weight excluding hydrogens is 400 g/mol. The van der Waals surface area contributed by atoms with Crippen molar-refractivity contribution in [2.45, 2.75) is 33.2 Å². The smallest absolute Gasteiger partial charge is 0.241 e. The molecule has 30 heavy (non-hydrogen) atoms. The highest BCUT2D eigenvalue weighted by atomic mass is 35.5. The number of benzene rings is 2. The van der Waals surface area contributed by atoms with Crippen LogP contribution in [0.25, 0.3) is 11.4 Å². The molecule has 1 saturated heterocycles. The zero-order chi connectivity index (χ0) is 21.1. The molecule has 1 aliphatic rings. The number of aryl methyl sites for hydroxylation is 2. The quantitative estimate of drug-likeness (QED) is 0.633. The van der Waals surface area contributed by atoms with Crippen LogP contribution in [0.3, 0.4) is 0 Å². The third-order valence-electron chi connectivity index (χ3n) is 5.53. The first kappa shape index (κ1) is 20.6. The summed E-state index contributed by atoms with van der Waals surface area (Å²) >= 11 is 6.17. The molecule has 0 spiro atoms. The van der Waals surface area contributed by atoms with Crippen molar-refractivity contribution in [3.63, 3.8) is 0 Å². The van der Waals surface area contributed by atoms with E-state index >= 15 is 0 Å². The van der Waals surface area contributed by atoms with E-state index in [0.717, 1.165) is 41.8 Å². The van der Waals surface area contributed by atoms with E-state index in [2.05, 4.69) is 20.4 Å². The van der Waals surface area contributed by atoms with Crippen molar-refractivity contribution in [2.24, 2.45) is 5.92 Å². The van der Waals surface area contributed by atoms with Crippen molar-refractivity contribution in [3.05, 3.63) is 64.5 Å². The Hall–Kier alpha value is -2.70. The summed E-state index contributed by atoms with van der Waals surface area (Å²) in [6.45, 7) is 6.07. The second-order valence-electron chi connectivity index (χ2n) is 7.85. The van der Waals surface area contributed by atoms with E-state index in [1.54, 1.807) is 6.07 Å². The Kier molecular flexibility index (Phi) is 6.16. The summed E-state index contributed by atoms with van der Waals surface area (Å²) in [6, 6.07) is 13.6. The highest BCUT2D eigenvalue weighted by Gasteiger charge is 2.27. The Labute approximate surface area is 181 Å². The average molecular weight is 425 g/mol. The summed E-state index contributed by atoms with van der Waals surface area (Å²) in [5.74, 6) is 1.11. The van der Waals surface area contributed by atoms with Crippen LogP contribution in [0.2, 0.25) is 5.02 Å². The molecule has 0 bridgehead atoms. The van der Waals surface area contributed by atoms with Crippen molar-refractivity contribution in [1.82, 2.24) is 15.0 Å². The van der Waals surface area contributed by atoms with Crippen LogP contribution in [0.5, 0.6) is 0 Å². The van der Waals surface area contributed by atoms with E-state index in [9.17, 15) is 4.79 Å². The zero-order valence-corrected chi connectivity index (χ0v) is 17.9. The minimum atomic E-state index is -0.0856. The molecule has 1 amide bonds. The molecule has 2 aromatic carbocycles. The van der Waals surface area contributed by atoms with Gasteiger partial charge in [0.15, 0.2) is 0 Å². The van der Waals surface area contributed by atoms with Crippen molar-refractivity contribution < 1.29 is 9.32 Å². The van der Waals surface area contributed by atoms with Crippen molar-refractivity contribution in [2.75, 3.05) is 18.4 Å². The van der Waals surface area contributed by atoms with E-state index in [0.29, 0.717) is 29.8 Å². The lowest BCUT2D eigenvalue weighted by Crippen LogP contribution is -2.40. The summed E-state index contributed by atoms with van der Waals surface area (Å²) in [4.78, 5) is 19.5. The van der Waals surface area contributed by atoms with Crippen LogP contribution in [-0.2, 0) is 11.3 Å². The van der Waals surface area contributed by atoms with Gasteiger partial charge >= 0.3 is 0 Å². The number of amides is 1. The van der Waals surface area contributed by atoms with Crippen molar-refractivity contribution in [3.8, 4) is 11.4 Å². The van der Waals surface area contributed by atoms with E-state index in [1.807, 2.05) is 50.2 Å². The molecule has 1 aliphatic heterocycles. The van der Waals surface area contributed by atoms with E-state index < -0.39 is 0 Å². The minimum Gasteiger partial charge on any atom is -0.338 e. The maximum Gasteiger partial charge on any atom is 0.241 e. The molecule has 3 aromatic rings. The SMILES string of the molecule is Cc1ccc(NC(=O)C2CCCN(Cc3nc(-c4ccccc4C)no3)C2)cc1Cl. The summed E-state index contributed by atoms with van der Waals surface area (Å²) in [6.07, 6.45) is 1.81. The van der Waals surface area contributed by atoms with Gasteiger partial charge in [0.2, 0.25) is 17.6 Å². The summed E-state index contributed by atoms with van der Waals surface area (Å²) in [5, 5.41) is 7.78. The number of carbonyl (C=O) groups is 1. The largest absolute Gasteiger partial charge is 0.338 e. The van der Waals surface area contributed by atoms with Crippen molar-refractivity contribution in [1.29, 1.82) is 0 Å². The number of nitrogens with zero attached hydrogens (tertiary/aromatic N) is 3. The molecule has 4 rings (SSSR count). The Morgan fingerprint density at radius 1 is 1.23 bits per heavy atom. The predicted molar refractivity (Wildman–Crippen MR) is 117 cm³/mol. The molecule has 0 aliphatic carbocycles. The van der Waals surface area contributed by atoms with Crippen LogP contribution >= 0.6 is 11.6 Å². The Balaban J connectivity index is 1.38. The number of piperidine rings is 1. The Bertz CT molecular complexity index is 1050. The highest BCUT2D eigenvalue weighted by molar-refractivity contribution is 6.31. The Morgan fingerprint density at radius 3 is 2.87 bits per heavy atom. The minimum absolute atomic E-state index is 0.0192. The first-order chi connectivity index (χ1) is 14.5. The fourth-order valence-electron chi connectivity index (χ4n) is 3.77. The second-order valence-corrected chi connectivity index (χ2v) is 8.26. The zero-order valence-electron chi connectivity index (χ0n) is 17.2. The van der Waals surface area contributed by atoms with Gasteiger partial charge in [-0.25, -0.2) is 0 Å². The fraction of sp³-hybridized carbons (Fsp3) is 0.348. The van der Waals surface area contributed by atoms with Gasteiger partial charge in [-0.15, -0.1) is 0 Å². The lowest BCUT2D eigenvalue weighted by Gasteiger charge is -2.30. The summed E-state index contributed by atoms with van der Waals surface area (Å²) in [5.41, 5.74) is 3.80. The maximum atomic E-state index is 12.8. The second kappa shape index (κ2) is 8.98. The first-order valence-corrected chi connectivity index (χ1v) is 10.6. The Morgan fingerprint density at radius 2 is 2.07 bits per heavy atom. The number of nitrogens with one attached hydrogen (secondary N) is 1. The van der Waals surface area contributed by atoms with Crippen LogP contribution in [0.1, 0.15) is 29.9 Å². The van der Waals surface area contributed by atoms with Gasteiger partial charge < -0.3 is 9.84 Å². The number of rotatable bonds is 5. The van der Waals surface area contributed by atoms with Crippen LogP contribution in [0.4, 0.5) is 5.69 Å². The van der Waals surface area contributed by atoms with Crippen LogP contribution in [0, 0.1) is 19.8 Å². The lowest BCUT2D eigenvalue weighted by atomic mass is 9.97. The number of likely N-dealkylation sites (tertiary alicyclic amines) is 1. The van der Waals surface area contributed by atoms with Gasteiger partial charge in [-0.1, -0.05) is 47.1 Å². The van der Waals surface area contributed by atoms with Gasteiger partial charge in [0, 0.05) is 22.8 Å². The molecule has 0 saturated carbocycles. The van der Waals surface area contributed by atoms with E-state index in [-0.39, 0.29) is 11.8 Å². The fourth-order valence-corrected chi connectivity index (χ4v) is 3.95. The molecule has 1 aromatic heterocycles. The molecule has 156 valence electrons. The van der Waals surface area contributed by atoms with Crippen LogP contribution < -0.4 is 5.32 Å². The standard InChI is InChI=1S/C23H25ClN4O2/c1-15-6-3-4-8-19(15)22-26-21(30-27-22)14-28-11-5-7-17(13-28)23(29)25-18-10-9-16(2)20(24)12-18/h3-4,6,8-10,12,17H,5,7,11,13-14H2,1-2H3,(H,25,29). The molecule has 0 radical (unpaired) electrons. The molecule has 1 atom stereocenters. The van der Waals surface area contributed by atoms with Gasteiger partial charge in [0.1, 0.15) is 0 Å². The third-order valence-corrected chi connectivity index (χ3v) is 5.94. The normalized spacial score (nSPS) is 17.1. The topological polar surface area (TPSA) is 71.3 Å². The molecule has 2 heterocycles. The molecule has 6 nitrogen and oxygen atoms in total. The number of halogens is 1. The summed E-state index contributed by atoms with van der Waals surface area (Å²) in [7, 11) is 0. The molecular formula is C23H25ClN4O2. The molecule has 7 heteroatoms. The number of carbonyl (C=O) groups excluding carboxylic acids is 1. The van der Waals surface area contributed by atoms with Gasteiger partial charge in [0.25, 0.3) is 0 Å². The maximum absolute atomic E-state index is 12.8. The third kappa shape index (κ3) is 4.71. The summed E-state index contributed by atoms with van der Waals surface area (Å²) < 4.78 is 5.47. The molecule has 1 N–H and O–H groups in total. The van der Waals surface area contributed by atoms with Crippen LogP contribution in [0.15, 0.2) is 47.0 Å². The average Bonchev–Trinajstić information content (AvgIpc) is 3.19. The van der Waals surface area contributed by atoms with E-state index in [1.165, 1.54) is 0 Å². The lowest BCUT2D eigenvalue weighted by molar-refractivity contribution is -0.121. The number of anilines is 1. The van der Waals surface area contributed by atoms with Gasteiger partial charge in [-0.3, -0.25) is 9.69 Å². The molecule has 1 unspecified atom stereocenters. The first-order valence-electron chi connectivity index (χ1n) is 10.2. The van der Waals surface area contributed by atoms with Crippen molar-refractivity contribution >= 4 is 23.2 Å². The van der Waals surface area contributed by atoms with Crippen LogP contribution in [-0.4, -0.2) is 34.0 Å². The number of hydrogen-bond acceptors (Lipinski definition) is 5. The monoisotopic (exact) mass is 424 g/mol. The van der Waals surface area contributed by atoms with Gasteiger partial charge in [-0.2, -0.15) is 4.98 Å². The highest BCUT2D eigenvalue weighted by Crippen LogP contribution is 2.24. The predicted octanol–water partition coefficient (Wildman–Crippen LogP) is 4.86.